The number of halogens is 6. The highest BCUT2D eigenvalue weighted by Gasteiger charge is 2.37. The number of carbonyl (C=O) groups excluding carboxylic acids is 2. The minimum atomic E-state index is -4.72. The van der Waals surface area contributed by atoms with E-state index >= 15 is 0 Å². The number of rotatable bonds is 10. The number of hydrogen-bond donors (Lipinski definition) is 0. The molecule has 2 aliphatic rings. The summed E-state index contributed by atoms with van der Waals surface area (Å²) in [7, 11) is 2.68. The topological polar surface area (TPSA) is 107 Å². The molecule has 0 bridgehead atoms. The van der Waals surface area contributed by atoms with Crippen LogP contribution in [0.1, 0.15) is 136 Å². The van der Waals surface area contributed by atoms with E-state index in [1.165, 1.54) is 38.5 Å². The van der Waals surface area contributed by atoms with Crippen molar-refractivity contribution in [1.29, 1.82) is 0 Å². The third-order valence-electron chi connectivity index (χ3n) is 12.9. The van der Waals surface area contributed by atoms with Crippen LogP contribution in [-0.2, 0) is 22.3 Å². The van der Waals surface area contributed by atoms with Gasteiger partial charge in [-0.25, -0.2) is 19.6 Å². The molecule has 8 rings (SSSR count). The van der Waals surface area contributed by atoms with E-state index in [9.17, 15) is 35.9 Å². The van der Waals surface area contributed by atoms with Crippen molar-refractivity contribution in [1.82, 2.24) is 19.1 Å². The van der Waals surface area contributed by atoms with Gasteiger partial charge in [-0.05, 0) is 133 Å². The summed E-state index contributed by atoms with van der Waals surface area (Å²) in [6.07, 6.45) is -2.25. The normalized spacial score (nSPS) is 20.3. The molecule has 2 saturated carbocycles. The van der Waals surface area contributed by atoms with Crippen molar-refractivity contribution in [2.75, 3.05) is 14.2 Å². The molecule has 2 aromatic heterocycles. The fourth-order valence-electron chi connectivity index (χ4n) is 10.8. The summed E-state index contributed by atoms with van der Waals surface area (Å²) < 4.78 is 97.2. The van der Waals surface area contributed by atoms with Crippen LogP contribution < -0.4 is 9.47 Å². The molecule has 16 heteroatoms. The number of alkyl halides is 6. The second-order valence-electron chi connectivity index (χ2n) is 20.1. The highest BCUT2D eigenvalue weighted by molar-refractivity contribution is 5.94. The lowest BCUT2D eigenvalue weighted by atomic mass is 9.70. The summed E-state index contributed by atoms with van der Waals surface area (Å²) in [5, 5.41) is 0. The SMILES string of the molecule is COC(=O)c1ccc2c(c1)nc(Cc1ccc(OC(F)(F)F)cc1)n2[C@@H]1C[C@H](C)CC(C)(C)C1.COC(=O)c1ccc2c(c1)nc(Cc1ccc(OC(F)(F)F)cc1)n2[C@H]1C[C@@H](C)CC(C)(C)C1. The maximum atomic E-state index is 12.5. The Labute approximate surface area is 391 Å². The summed E-state index contributed by atoms with van der Waals surface area (Å²) in [6, 6.07) is 23.0. The number of nitrogens with zero attached hydrogens (tertiary/aromatic N) is 4. The molecule has 4 aromatic carbocycles. The lowest BCUT2D eigenvalue weighted by Gasteiger charge is -2.40. The number of ether oxygens (including phenoxy) is 4. The van der Waals surface area contributed by atoms with Crippen LogP contribution in [0.3, 0.4) is 0 Å². The molecule has 0 N–H and O–H groups in total. The zero-order chi connectivity index (χ0) is 49.3. The van der Waals surface area contributed by atoms with Crippen LogP contribution >= 0.6 is 0 Å². The Morgan fingerprint density at radius 1 is 0.574 bits per heavy atom. The first-order chi connectivity index (χ1) is 31.9. The fraction of sp³-hybridized carbons (Fsp3) is 0.462. The first-order valence-corrected chi connectivity index (χ1v) is 22.8. The van der Waals surface area contributed by atoms with Gasteiger partial charge in [0.25, 0.3) is 0 Å². The Hall–Kier alpha value is -6.06. The predicted molar refractivity (Wildman–Crippen MR) is 246 cm³/mol. The van der Waals surface area contributed by atoms with Crippen molar-refractivity contribution in [2.45, 2.75) is 118 Å². The number of aromatic nitrogens is 4. The minimum absolute atomic E-state index is 0.179. The largest absolute Gasteiger partial charge is 0.573 e. The maximum absolute atomic E-state index is 12.5. The summed E-state index contributed by atoms with van der Waals surface area (Å²) in [5.74, 6) is 1.37. The van der Waals surface area contributed by atoms with E-state index in [1.807, 2.05) is 12.1 Å². The Morgan fingerprint density at radius 2 is 0.926 bits per heavy atom. The molecule has 2 aliphatic carbocycles. The van der Waals surface area contributed by atoms with Crippen molar-refractivity contribution in [2.24, 2.45) is 22.7 Å². The van der Waals surface area contributed by atoms with E-state index in [1.54, 1.807) is 48.5 Å². The first-order valence-electron chi connectivity index (χ1n) is 22.8. The van der Waals surface area contributed by atoms with Gasteiger partial charge in [-0.2, -0.15) is 0 Å². The Kier molecular flexibility index (Phi) is 14.3. The maximum Gasteiger partial charge on any atom is 0.573 e. The van der Waals surface area contributed by atoms with Crippen molar-refractivity contribution >= 4 is 34.0 Å². The van der Waals surface area contributed by atoms with Crippen LogP contribution in [0, 0.1) is 22.7 Å². The molecule has 2 fully saturated rings. The van der Waals surface area contributed by atoms with Gasteiger partial charge < -0.3 is 28.1 Å². The monoisotopic (exact) mass is 948 g/mol. The number of carbonyl (C=O) groups is 2. The van der Waals surface area contributed by atoms with E-state index in [-0.39, 0.29) is 34.4 Å². The zero-order valence-corrected chi connectivity index (χ0v) is 39.6. The van der Waals surface area contributed by atoms with Gasteiger partial charge in [0.05, 0.1) is 47.4 Å². The van der Waals surface area contributed by atoms with Crippen LogP contribution in [0.15, 0.2) is 84.9 Å². The number of hydrogen-bond acceptors (Lipinski definition) is 8. The van der Waals surface area contributed by atoms with Crippen LogP contribution in [-0.4, -0.2) is 58.0 Å². The molecule has 0 saturated heterocycles. The van der Waals surface area contributed by atoms with E-state index in [0.29, 0.717) is 46.8 Å². The van der Waals surface area contributed by atoms with E-state index in [0.717, 1.165) is 72.3 Å². The first kappa shape index (κ1) is 49.8. The predicted octanol–water partition coefficient (Wildman–Crippen LogP) is 13.4. The molecule has 4 atom stereocenters. The van der Waals surface area contributed by atoms with Gasteiger partial charge in [0, 0.05) is 24.9 Å². The summed E-state index contributed by atoms with van der Waals surface area (Å²) >= 11 is 0. The van der Waals surface area contributed by atoms with Crippen LogP contribution in [0.4, 0.5) is 26.3 Å². The molecular formula is C52H58F6N4O6. The molecule has 0 aliphatic heterocycles. The molecular weight excluding hydrogens is 891 g/mol. The second kappa shape index (κ2) is 19.5. The molecule has 364 valence electrons. The molecule has 68 heavy (non-hydrogen) atoms. The van der Waals surface area contributed by atoms with Crippen molar-refractivity contribution in [3.63, 3.8) is 0 Å². The van der Waals surface area contributed by atoms with Crippen molar-refractivity contribution in [3.8, 4) is 11.5 Å². The third kappa shape index (κ3) is 12.3. The van der Waals surface area contributed by atoms with Gasteiger partial charge in [-0.3, -0.25) is 0 Å². The number of fused-ring (bicyclic) bond motifs is 2. The molecule has 0 radical (unpaired) electrons. The van der Waals surface area contributed by atoms with Gasteiger partial charge in [0.15, 0.2) is 0 Å². The smallest absolute Gasteiger partial charge is 0.465 e. The van der Waals surface area contributed by atoms with E-state index < -0.39 is 24.7 Å². The molecule has 0 unspecified atom stereocenters. The van der Waals surface area contributed by atoms with Gasteiger partial charge in [-0.15, -0.1) is 26.3 Å². The molecule has 6 aromatic rings. The minimum Gasteiger partial charge on any atom is -0.465 e. The van der Waals surface area contributed by atoms with Crippen LogP contribution in [0.25, 0.3) is 22.1 Å². The van der Waals surface area contributed by atoms with Gasteiger partial charge in [0.1, 0.15) is 23.1 Å². The second-order valence-corrected chi connectivity index (χ2v) is 20.1. The Bertz CT molecular complexity index is 2550. The summed E-state index contributed by atoms with van der Waals surface area (Å²) in [4.78, 5) is 33.8. The van der Waals surface area contributed by atoms with Crippen LogP contribution in [0.2, 0.25) is 0 Å². The lowest BCUT2D eigenvalue weighted by molar-refractivity contribution is -0.275. The highest BCUT2D eigenvalue weighted by atomic mass is 19.4. The van der Waals surface area contributed by atoms with Gasteiger partial charge in [0.2, 0.25) is 0 Å². The van der Waals surface area contributed by atoms with Gasteiger partial charge >= 0.3 is 24.7 Å². The average molecular weight is 949 g/mol. The average Bonchev–Trinajstić information content (AvgIpc) is 3.78. The lowest BCUT2D eigenvalue weighted by Crippen LogP contribution is -2.30. The number of benzene rings is 4. The van der Waals surface area contributed by atoms with Crippen LogP contribution in [0.5, 0.6) is 11.5 Å². The third-order valence-corrected chi connectivity index (χ3v) is 12.9. The highest BCUT2D eigenvalue weighted by Crippen LogP contribution is 2.47. The quantitative estimate of drug-likeness (QED) is 0.0987. The Morgan fingerprint density at radius 3 is 1.24 bits per heavy atom. The van der Waals surface area contributed by atoms with E-state index in [4.69, 9.17) is 19.4 Å². The Balaban J connectivity index is 0.000000201. The molecule has 2 heterocycles. The molecule has 0 amide bonds. The standard InChI is InChI=1S/2C26H29F3N2O3/c2*1-16-11-19(15-25(2,3)14-16)31-22-10-7-18(24(32)33-4)13-21(22)30-23(31)12-17-5-8-20(9-6-17)34-26(27,28)29/h2*5-10,13,16,19H,11-12,14-15H2,1-4H3/t2*16-,19+/m10/s1. The van der Waals surface area contributed by atoms with Crippen molar-refractivity contribution in [3.05, 3.63) is 119 Å². The molecule has 0 spiro atoms. The van der Waals surface area contributed by atoms with Crippen molar-refractivity contribution < 1.29 is 54.9 Å². The summed E-state index contributed by atoms with van der Waals surface area (Å²) in [5.41, 5.74) is 6.14. The van der Waals surface area contributed by atoms with Gasteiger partial charge in [-0.1, -0.05) is 65.8 Å². The zero-order valence-electron chi connectivity index (χ0n) is 39.6. The fourth-order valence-corrected chi connectivity index (χ4v) is 10.8. The number of esters is 2. The van der Waals surface area contributed by atoms with E-state index in [2.05, 4.69) is 60.2 Å². The number of imidazole rings is 2. The molecule has 10 nitrogen and oxygen atoms in total. The number of methoxy groups -OCH3 is 2. The summed E-state index contributed by atoms with van der Waals surface area (Å²) in [6.45, 7) is 13.7.